The van der Waals surface area contributed by atoms with Crippen LogP contribution in [0.1, 0.15) is 6.42 Å². The fourth-order valence-electron chi connectivity index (χ4n) is 3.15. The quantitative estimate of drug-likeness (QED) is 0.263. The van der Waals surface area contributed by atoms with Crippen LogP contribution in [0.3, 0.4) is 0 Å². The Kier molecular flexibility index (Phi) is 6.30. The van der Waals surface area contributed by atoms with Crippen molar-refractivity contribution in [1.82, 2.24) is 0 Å². The number of ether oxygens (including phenoxy) is 3. The molecule has 1 aliphatic heterocycles. The van der Waals surface area contributed by atoms with E-state index in [4.69, 9.17) is 37.1 Å². The van der Waals surface area contributed by atoms with Crippen LogP contribution in [0.15, 0.2) is 0 Å². The van der Waals surface area contributed by atoms with Crippen molar-refractivity contribution in [3.8, 4) is 0 Å². The zero-order valence-corrected chi connectivity index (χ0v) is 13.1. The van der Waals surface area contributed by atoms with Gasteiger partial charge in [0, 0.05) is 25.7 Å². The van der Waals surface area contributed by atoms with E-state index in [0.717, 1.165) is 0 Å². The van der Waals surface area contributed by atoms with E-state index >= 15 is 0 Å². The minimum Gasteiger partial charge on any atom is -0.389 e. The molecule has 1 heterocycles. The first-order valence-electron chi connectivity index (χ1n) is 7.66. The number of nitrogens with two attached hydrogens (primary N) is 4. The molecule has 23 heavy (non-hydrogen) atoms. The monoisotopic (exact) mass is 336 g/mol. The lowest BCUT2D eigenvalue weighted by Gasteiger charge is -2.46. The lowest BCUT2D eigenvalue weighted by atomic mass is 9.84. The maximum absolute atomic E-state index is 10.1. The Morgan fingerprint density at radius 1 is 1.00 bits per heavy atom. The fraction of sp³-hybridized carbons (Fsp3) is 1.00. The zero-order valence-electron chi connectivity index (χ0n) is 13.1. The second-order valence-electron chi connectivity index (χ2n) is 6.19. The van der Waals surface area contributed by atoms with Gasteiger partial charge in [-0.25, -0.2) is 0 Å². The summed E-state index contributed by atoms with van der Waals surface area (Å²) in [5, 5.41) is 30.0. The fourth-order valence-corrected chi connectivity index (χ4v) is 3.15. The molecule has 1 aliphatic carbocycles. The van der Waals surface area contributed by atoms with Gasteiger partial charge >= 0.3 is 0 Å². The molecule has 2 rings (SSSR count). The van der Waals surface area contributed by atoms with Crippen LogP contribution >= 0.6 is 0 Å². The van der Waals surface area contributed by atoms with Gasteiger partial charge in [0.05, 0.1) is 12.1 Å². The Morgan fingerprint density at radius 2 is 1.65 bits per heavy atom. The average Bonchev–Trinajstić information content (AvgIpc) is 2.53. The summed E-state index contributed by atoms with van der Waals surface area (Å²) >= 11 is 0. The summed E-state index contributed by atoms with van der Waals surface area (Å²) in [6.45, 7) is -0.0112. The van der Waals surface area contributed by atoms with Gasteiger partial charge in [-0.05, 0) is 6.42 Å². The molecule has 0 aromatic rings. The Morgan fingerprint density at radius 3 is 2.22 bits per heavy atom. The van der Waals surface area contributed by atoms with E-state index in [1.54, 1.807) is 0 Å². The van der Waals surface area contributed by atoms with Crippen molar-refractivity contribution in [1.29, 1.82) is 0 Å². The van der Waals surface area contributed by atoms with Gasteiger partial charge in [-0.3, -0.25) is 0 Å². The van der Waals surface area contributed by atoms with Crippen molar-refractivity contribution in [2.45, 2.75) is 67.5 Å². The topological polar surface area (TPSA) is 192 Å². The number of rotatable bonds is 4. The molecule has 0 amide bonds. The first-order chi connectivity index (χ1) is 10.8. The molecule has 1 saturated heterocycles. The summed E-state index contributed by atoms with van der Waals surface area (Å²) in [6, 6.07) is -2.03. The van der Waals surface area contributed by atoms with Gasteiger partial charge in [0.15, 0.2) is 6.29 Å². The van der Waals surface area contributed by atoms with E-state index in [0.29, 0.717) is 6.42 Å². The number of aliphatic hydroxyl groups is 3. The van der Waals surface area contributed by atoms with Crippen molar-refractivity contribution in [3.63, 3.8) is 0 Å². The summed E-state index contributed by atoms with van der Waals surface area (Å²) < 4.78 is 16.6. The predicted octanol–water partition coefficient (Wildman–Crippen LogP) is -4.46. The van der Waals surface area contributed by atoms with Gasteiger partial charge in [0.25, 0.3) is 0 Å². The first-order valence-corrected chi connectivity index (χ1v) is 7.66. The molecule has 2 fully saturated rings. The van der Waals surface area contributed by atoms with Crippen molar-refractivity contribution in [2.75, 3.05) is 13.7 Å². The van der Waals surface area contributed by atoms with Gasteiger partial charge in [-0.1, -0.05) is 0 Å². The molecular weight excluding hydrogens is 308 g/mol. The van der Waals surface area contributed by atoms with Crippen LogP contribution in [0.2, 0.25) is 0 Å². The smallest absolute Gasteiger partial charge is 0.176 e. The van der Waals surface area contributed by atoms with Crippen molar-refractivity contribution >= 4 is 0 Å². The normalized spacial score (nSPS) is 51.7. The molecular formula is C13H28N4O6. The summed E-state index contributed by atoms with van der Waals surface area (Å²) in [5.41, 5.74) is 23.3. The van der Waals surface area contributed by atoms with Crippen molar-refractivity contribution < 1.29 is 29.5 Å². The lowest BCUT2D eigenvalue weighted by molar-refractivity contribution is -0.289. The van der Waals surface area contributed by atoms with Gasteiger partial charge in [0.2, 0.25) is 0 Å². The van der Waals surface area contributed by atoms with Crippen LogP contribution in [0, 0.1) is 0 Å². The minimum atomic E-state index is -1.25. The molecule has 10 nitrogen and oxygen atoms in total. The van der Waals surface area contributed by atoms with Gasteiger partial charge < -0.3 is 52.5 Å². The molecule has 10 heteroatoms. The SMILES string of the molecule is COC1C(O)C(N)CC(N)C1OC1OC(CN)C(O)C(O)C1N. The zero-order chi connectivity index (χ0) is 17.3. The molecule has 10 atom stereocenters. The van der Waals surface area contributed by atoms with Crippen LogP contribution in [0.4, 0.5) is 0 Å². The molecule has 11 N–H and O–H groups in total. The summed E-state index contributed by atoms with van der Waals surface area (Å²) in [6.07, 6.45) is -6.43. The summed E-state index contributed by atoms with van der Waals surface area (Å²) in [5.74, 6) is 0. The van der Waals surface area contributed by atoms with E-state index in [1.807, 2.05) is 0 Å². The van der Waals surface area contributed by atoms with E-state index in [1.165, 1.54) is 7.11 Å². The average molecular weight is 336 g/mol. The van der Waals surface area contributed by atoms with Crippen molar-refractivity contribution in [3.05, 3.63) is 0 Å². The Balaban J connectivity index is 2.12. The third kappa shape index (κ3) is 3.66. The highest BCUT2D eigenvalue weighted by atomic mass is 16.7. The van der Waals surface area contributed by atoms with Gasteiger partial charge in [-0.2, -0.15) is 0 Å². The highest BCUT2D eigenvalue weighted by Gasteiger charge is 2.48. The highest BCUT2D eigenvalue weighted by Crippen LogP contribution is 2.28. The van der Waals surface area contributed by atoms with E-state index in [9.17, 15) is 15.3 Å². The first kappa shape index (κ1) is 18.9. The van der Waals surface area contributed by atoms with Crippen LogP contribution < -0.4 is 22.9 Å². The number of hydrogen-bond acceptors (Lipinski definition) is 10. The highest BCUT2D eigenvalue weighted by molar-refractivity contribution is 5.00. The number of methoxy groups -OCH3 is 1. The van der Waals surface area contributed by atoms with Gasteiger partial charge in [-0.15, -0.1) is 0 Å². The third-order valence-electron chi connectivity index (χ3n) is 4.61. The van der Waals surface area contributed by atoms with Crippen LogP contribution in [-0.2, 0) is 14.2 Å². The predicted molar refractivity (Wildman–Crippen MR) is 79.9 cm³/mol. The van der Waals surface area contributed by atoms with Gasteiger partial charge in [0.1, 0.15) is 30.5 Å². The number of aliphatic hydroxyl groups excluding tert-OH is 3. The molecule has 0 aromatic carbocycles. The molecule has 10 unspecified atom stereocenters. The standard InChI is InChI=1S/C13H28N4O6/c1-21-12-8(18)4(15)2-5(16)11(12)23-13-7(17)10(20)9(19)6(3-14)22-13/h4-13,18-20H,2-3,14-17H2,1H3. The number of hydrogen-bond donors (Lipinski definition) is 7. The second kappa shape index (κ2) is 7.66. The second-order valence-corrected chi connectivity index (χ2v) is 6.19. The Hall–Kier alpha value is -0.400. The molecule has 2 aliphatic rings. The maximum Gasteiger partial charge on any atom is 0.176 e. The molecule has 1 saturated carbocycles. The molecule has 0 radical (unpaired) electrons. The molecule has 0 spiro atoms. The summed E-state index contributed by atoms with van der Waals surface area (Å²) in [7, 11) is 1.41. The van der Waals surface area contributed by atoms with Crippen LogP contribution in [0.25, 0.3) is 0 Å². The Bertz CT molecular complexity index is 389. The maximum atomic E-state index is 10.1. The van der Waals surface area contributed by atoms with E-state index < -0.39 is 61.0 Å². The van der Waals surface area contributed by atoms with Crippen LogP contribution in [-0.4, -0.2) is 90.0 Å². The molecule has 0 bridgehead atoms. The third-order valence-corrected chi connectivity index (χ3v) is 4.61. The van der Waals surface area contributed by atoms with Crippen LogP contribution in [0.5, 0.6) is 0 Å². The van der Waals surface area contributed by atoms with E-state index in [2.05, 4.69) is 0 Å². The lowest BCUT2D eigenvalue weighted by Crippen LogP contribution is -2.67. The van der Waals surface area contributed by atoms with Crippen molar-refractivity contribution in [2.24, 2.45) is 22.9 Å². The molecule has 0 aromatic heterocycles. The minimum absolute atomic E-state index is 0.0112. The summed E-state index contributed by atoms with van der Waals surface area (Å²) in [4.78, 5) is 0. The largest absolute Gasteiger partial charge is 0.389 e. The Labute approximate surface area is 134 Å². The van der Waals surface area contributed by atoms with E-state index in [-0.39, 0.29) is 6.54 Å². The molecule has 136 valence electrons.